The third-order valence-corrected chi connectivity index (χ3v) is 22.2. The third-order valence-electron chi connectivity index (χ3n) is 21.0. The molecule has 8 heteroatoms. The Morgan fingerprint density at radius 2 is 0.673 bits per heavy atom. The molecule has 0 atom stereocenters. The molecule has 0 radical (unpaired) electrons. The molecule has 0 amide bonds. The number of hydrogen-bond donors (Lipinski definition) is 0. The minimum Gasteiger partial charge on any atom is -0.255 e. The Morgan fingerprint density at radius 1 is 0.260 bits per heavy atom. The molecule has 1 aliphatic carbocycles. The maximum atomic E-state index is 5.06. The Morgan fingerprint density at radius 3 is 1.25 bits per heavy atom. The Labute approximate surface area is 603 Å². The number of pyridine rings is 1. The van der Waals surface area contributed by atoms with Gasteiger partial charge in [-0.1, -0.05) is 305 Å². The van der Waals surface area contributed by atoms with E-state index in [4.69, 9.17) is 34.9 Å². The van der Waals surface area contributed by atoms with Gasteiger partial charge in [-0.05, 0) is 140 Å². The molecule has 20 aromatic rings. The molecule has 0 unspecified atom stereocenters. The van der Waals surface area contributed by atoms with Crippen molar-refractivity contribution < 1.29 is 0 Å². The molecule has 0 fully saturated rings. The summed E-state index contributed by atoms with van der Waals surface area (Å²) in [5, 5.41) is 20.4. The minimum absolute atomic E-state index is 0.101. The standard InChI is InChI=1S/C49H29N3S.C47H32N4/c1-3-13-30(14-4-1)47-50-48(31-15-5-2-6-16-31)52-49(51-47)40-28-27-34(36-17-7-8-18-37(36)40)32-23-25-35-33(29-32)24-26-42-44(35)38-19-9-10-20-39(38)45-41-21-11-12-22-43(41)53-46(42)45;1-47(2)39-20-12-11-19-37(39)42-36-18-10-9-17-35(36)41-34-24-22-32(27-31(34)21-25-38(41)43(42)47)40-26-23-33(28-48-40)46-50-44(29-13-5-3-6-14-29)49-45(51-46)30-15-7-4-8-16-30/h1-29H;3-28H,1-2H3. The molecule has 4 heterocycles. The summed E-state index contributed by atoms with van der Waals surface area (Å²) in [6.45, 7) is 4.74. The molecule has 0 bridgehead atoms. The number of aromatic nitrogens is 7. The number of nitrogens with zero attached hydrogens (tertiary/aromatic N) is 7. The van der Waals surface area contributed by atoms with Crippen LogP contribution in [0, 0.1) is 0 Å². The summed E-state index contributed by atoms with van der Waals surface area (Å²) < 4.78 is 2.69. The summed E-state index contributed by atoms with van der Waals surface area (Å²) in [7, 11) is 0. The smallest absolute Gasteiger partial charge is 0.165 e. The summed E-state index contributed by atoms with van der Waals surface area (Å²) in [6, 6.07) is 116. The first-order valence-electron chi connectivity index (χ1n) is 35.3. The van der Waals surface area contributed by atoms with E-state index in [1.54, 1.807) is 0 Å². The van der Waals surface area contributed by atoms with Crippen LogP contribution in [0.15, 0.2) is 334 Å². The molecule has 0 saturated heterocycles. The Hall–Kier alpha value is -13.3. The van der Waals surface area contributed by atoms with E-state index in [0.717, 1.165) is 55.4 Å². The van der Waals surface area contributed by atoms with Crippen molar-refractivity contribution in [2.24, 2.45) is 0 Å². The van der Waals surface area contributed by atoms with Gasteiger partial charge in [0.1, 0.15) is 0 Å². The van der Waals surface area contributed by atoms with Gasteiger partial charge in [0.25, 0.3) is 0 Å². The van der Waals surface area contributed by atoms with Crippen LogP contribution < -0.4 is 0 Å². The SMILES string of the molecule is CC1(C)c2ccccc2-c2c1c1ccc3cc(-c4ccc(-c5nc(-c6ccccc6)nc(-c6ccccc6)n5)cn4)ccc3c1c1ccccc21.c1ccc(-c2nc(-c3ccccc3)nc(-c3ccc(-c4ccc5c(ccc6c7sc8ccccc8c7c7ccccc7c56)c4)c4ccccc34)n2)cc1. The number of benzene rings is 16. The van der Waals surface area contributed by atoms with Gasteiger partial charge in [0.15, 0.2) is 34.9 Å². The lowest BCUT2D eigenvalue weighted by atomic mass is 9.78. The average molecular weight is 1340 g/mol. The van der Waals surface area contributed by atoms with E-state index in [9.17, 15) is 0 Å². The number of fused-ring (bicyclic) bond motifs is 21. The van der Waals surface area contributed by atoms with Crippen molar-refractivity contribution in [3.05, 3.63) is 345 Å². The average Bonchev–Trinajstić information content (AvgIpc) is 1.50. The van der Waals surface area contributed by atoms with Gasteiger partial charge >= 0.3 is 0 Å². The molecule has 0 aliphatic heterocycles. The van der Waals surface area contributed by atoms with Gasteiger partial charge in [0, 0.05) is 76.1 Å². The second kappa shape index (κ2) is 24.5. The number of thiophene rings is 1. The van der Waals surface area contributed by atoms with Gasteiger partial charge < -0.3 is 0 Å². The maximum Gasteiger partial charge on any atom is 0.165 e. The molecule has 16 aromatic carbocycles. The van der Waals surface area contributed by atoms with Crippen molar-refractivity contribution in [1.82, 2.24) is 34.9 Å². The molecule has 7 nitrogen and oxygen atoms in total. The quantitative estimate of drug-likeness (QED) is 0.140. The highest BCUT2D eigenvalue weighted by molar-refractivity contribution is 7.27. The summed E-state index contributed by atoms with van der Waals surface area (Å²) in [4.78, 5) is 34.6. The Bertz CT molecular complexity index is 6740. The molecule has 1 aliphatic rings. The van der Waals surface area contributed by atoms with Crippen LogP contribution in [0.1, 0.15) is 25.0 Å². The summed E-state index contributed by atoms with van der Waals surface area (Å²) in [5.41, 5.74) is 15.4. The van der Waals surface area contributed by atoms with Crippen molar-refractivity contribution in [3.63, 3.8) is 0 Å². The number of hydrogen-bond acceptors (Lipinski definition) is 8. The van der Waals surface area contributed by atoms with Gasteiger partial charge in [0.05, 0.1) is 5.69 Å². The largest absolute Gasteiger partial charge is 0.255 e. The van der Waals surface area contributed by atoms with Crippen LogP contribution in [0.5, 0.6) is 0 Å². The highest BCUT2D eigenvalue weighted by atomic mass is 32.1. The van der Waals surface area contributed by atoms with Gasteiger partial charge in [0.2, 0.25) is 0 Å². The first-order valence-corrected chi connectivity index (χ1v) is 36.1. The predicted molar refractivity (Wildman–Crippen MR) is 434 cm³/mol. The maximum absolute atomic E-state index is 5.06. The fraction of sp³-hybridized carbons (Fsp3) is 0.0312. The van der Waals surface area contributed by atoms with Crippen LogP contribution in [0.4, 0.5) is 0 Å². The van der Waals surface area contributed by atoms with Crippen molar-refractivity contribution in [2.75, 3.05) is 0 Å². The summed E-state index contributed by atoms with van der Waals surface area (Å²) >= 11 is 1.90. The zero-order valence-electron chi connectivity index (χ0n) is 56.8. The van der Waals surface area contributed by atoms with Crippen LogP contribution >= 0.6 is 11.3 Å². The van der Waals surface area contributed by atoms with E-state index >= 15 is 0 Å². The second-order valence-corrected chi connectivity index (χ2v) is 28.4. The Balaban J connectivity index is 0.000000139. The lowest BCUT2D eigenvalue weighted by Crippen LogP contribution is -2.15. The molecule has 486 valence electrons. The summed E-state index contributed by atoms with van der Waals surface area (Å²) in [5.74, 6) is 3.84. The van der Waals surface area contributed by atoms with Crippen molar-refractivity contribution >= 4 is 107 Å². The van der Waals surface area contributed by atoms with E-state index in [0.29, 0.717) is 34.9 Å². The topological polar surface area (TPSA) is 90.2 Å². The zero-order chi connectivity index (χ0) is 69.0. The van der Waals surface area contributed by atoms with E-state index in [1.165, 1.54) is 118 Å². The highest BCUT2D eigenvalue weighted by Crippen LogP contribution is 2.56. The zero-order valence-corrected chi connectivity index (χ0v) is 57.6. The molecule has 21 rings (SSSR count). The predicted octanol–water partition coefficient (Wildman–Crippen LogP) is 25.2. The second-order valence-electron chi connectivity index (χ2n) is 27.4. The van der Waals surface area contributed by atoms with Gasteiger partial charge in [-0.2, -0.15) is 0 Å². The molecule has 4 aromatic heterocycles. The van der Waals surface area contributed by atoms with E-state index in [2.05, 4.69) is 220 Å². The fourth-order valence-electron chi connectivity index (χ4n) is 16.2. The minimum atomic E-state index is -0.101. The van der Waals surface area contributed by atoms with Crippen molar-refractivity contribution in [2.45, 2.75) is 19.3 Å². The number of rotatable bonds is 8. The van der Waals surface area contributed by atoms with Gasteiger partial charge in [-0.3, -0.25) is 4.98 Å². The van der Waals surface area contributed by atoms with Crippen molar-refractivity contribution in [3.8, 4) is 102 Å². The molecule has 0 spiro atoms. The Kier molecular flexibility index (Phi) is 14.3. The molecule has 104 heavy (non-hydrogen) atoms. The molecule has 0 saturated carbocycles. The summed E-state index contributed by atoms with van der Waals surface area (Å²) in [6.07, 6.45) is 1.87. The molecular formula is C96H61N7S. The van der Waals surface area contributed by atoms with E-state index in [1.807, 2.05) is 139 Å². The van der Waals surface area contributed by atoms with E-state index in [-0.39, 0.29) is 5.41 Å². The molecule has 0 N–H and O–H groups in total. The third kappa shape index (κ3) is 10.0. The van der Waals surface area contributed by atoms with Crippen LogP contribution in [0.3, 0.4) is 0 Å². The molecular weight excluding hydrogens is 1280 g/mol. The lowest BCUT2D eigenvalue weighted by Gasteiger charge is -2.24. The lowest BCUT2D eigenvalue weighted by molar-refractivity contribution is 0.666. The van der Waals surface area contributed by atoms with E-state index < -0.39 is 0 Å². The fourth-order valence-corrected chi connectivity index (χ4v) is 17.4. The van der Waals surface area contributed by atoms with Gasteiger partial charge in [-0.25, -0.2) is 29.9 Å². The highest BCUT2D eigenvalue weighted by Gasteiger charge is 2.38. The van der Waals surface area contributed by atoms with Crippen LogP contribution in [-0.4, -0.2) is 34.9 Å². The normalized spacial score (nSPS) is 12.4. The first kappa shape index (κ1) is 60.7. The van der Waals surface area contributed by atoms with Crippen LogP contribution in [0.2, 0.25) is 0 Å². The first-order chi connectivity index (χ1) is 51.3. The monoisotopic (exact) mass is 1340 g/mol. The van der Waals surface area contributed by atoms with Crippen LogP contribution in [0.25, 0.3) is 197 Å². The van der Waals surface area contributed by atoms with Gasteiger partial charge in [-0.15, -0.1) is 11.3 Å². The van der Waals surface area contributed by atoms with Crippen LogP contribution in [-0.2, 0) is 5.41 Å². The van der Waals surface area contributed by atoms with Crippen molar-refractivity contribution in [1.29, 1.82) is 0 Å².